The molecule has 0 aliphatic rings. The van der Waals surface area contributed by atoms with Crippen LogP contribution in [0.1, 0.15) is 16.1 Å². The number of halogens is 1. The van der Waals surface area contributed by atoms with Crippen LogP contribution in [0.15, 0.2) is 16.8 Å². The van der Waals surface area contributed by atoms with E-state index < -0.39 is 5.97 Å². The van der Waals surface area contributed by atoms with Crippen LogP contribution in [0.3, 0.4) is 0 Å². The zero-order chi connectivity index (χ0) is 13.1. The van der Waals surface area contributed by atoms with Crippen molar-refractivity contribution in [3.8, 4) is 0 Å². The van der Waals surface area contributed by atoms with Gasteiger partial charge < -0.3 is 5.11 Å². The Hall–Kier alpha value is -1.00. The first-order chi connectivity index (χ1) is 8.54. The van der Waals surface area contributed by atoms with Gasteiger partial charge in [0, 0.05) is 10.8 Å². The van der Waals surface area contributed by atoms with E-state index >= 15 is 0 Å². The van der Waals surface area contributed by atoms with Gasteiger partial charge in [0.05, 0.1) is 20.6 Å². The average molecular weight is 394 g/mol. The molecule has 0 saturated carbocycles. The number of nitrogens with one attached hydrogen (secondary N) is 1. The van der Waals surface area contributed by atoms with Crippen LogP contribution in [0.25, 0.3) is 0 Å². The quantitative estimate of drug-likeness (QED) is 0.782. The van der Waals surface area contributed by atoms with E-state index in [0.29, 0.717) is 16.4 Å². The van der Waals surface area contributed by atoms with Crippen LogP contribution >= 0.6 is 45.3 Å². The molecule has 2 aromatic heterocycles. The Kier molecular flexibility index (Phi) is 4.30. The molecule has 2 N–H and O–H groups in total. The van der Waals surface area contributed by atoms with Crippen LogP contribution < -0.4 is 5.32 Å². The van der Waals surface area contributed by atoms with Crippen LogP contribution in [0.5, 0.6) is 0 Å². The molecular weight excluding hydrogens is 387 g/mol. The van der Waals surface area contributed by atoms with E-state index in [-0.39, 0.29) is 12.3 Å². The number of carbonyl (C=O) groups excluding carboxylic acids is 1. The Labute approximate surface area is 124 Å². The normalized spacial score (nSPS) is 10.3. The third-order valence-corrected chi connectivity index (χ3v) is 4.53. The third-order valence-electron chi connectivity index (χ3n) is 1.93. The fourth-order valence-electron chi connectivity index (χ4n) is 1.20. The molecule has 0 spiro atoms. The van der Waals surface area contributed by atoms with E-state index in [2.05, 4.69) is 32.9 Å². The minimum atomic E-state index is -0.939. The molecule has 2 rings (SSSR count). The molecule has 0 aliphatic carbocycles. The lowest BCUT2D eigenvalue weighted by Crippen LogP contribution is -2.10. The molecule has 0 atom stereocenters. The number of nitrogens with zero attached hydrogens (tertiary/aromatic N) is 1. The molecule has 0 radical (unpaired) electrons. The van der Waals surface area contributed by atoms with Gasteiger partial charge in [0.15, 0.2) is 5.13 Å². The number of hydrogen-bond acceptors (Lipinski definition) is 5. The Morgan fingerprint density at radius 2 is 2.17 bits per heavy atom. The summed E-state index contributed by atoms with van der Waals surface area (Å²) in [6.45, 7) is 0. The molecule has 5 nitrogen and oxygen atoms in total. The van der Waals surface area contributed by atoms with Gasteiger partial charge in [-0.2, -0.15) is 0 Å². The smallest absolute Gasteiger partial charge is 0.309 e. The highest BCUT2D eigenvalue weighted by atomic mass is 127. The largest absolute Gasteiger partial charge is 0.481 e. The van der Waals surface area contributed by atoms with Crippen molar-refractivity contribution in [2.24, 2.45) is 0 Å². The third kappa shape index (κ3) is 3.50. The second-order valence-corrected chi connectivity index (χ2v) is 6.97. The van der Waals surface area contributed by atoms with Gasteiger partial charge in [-0.3, -0.25) is 14.9 Å². The standard InChI is InChI=1S/C10H7IN2O3S2/c11-7-1-5(3-17-7)9(16)13-10-12-6(4-18-10)2-8(14)15/h1,3-4H,2H2,(H,14,15)(H,12,13,16). The van der Waals surface area contributed by atoms with E-state index in [1.165, 1.54) is 22.7 Å². The summed E-state index contributed by atoms with van der Waals surface area (Å²) in [6.07, 6.45) is -0.136. The maximum atomic E-state index is 11.8. The molecule has 2 aromatic rings. The van der Waals surface area contributed by atoms with Crippen LogP contribution in [-0.2, 0) is 11.2 Å². The maximum Gasteiger partial charge on any atom is 0.309 e. The highest BCUT2D eigenvalue weighted by molar-refractivity contribution is 14.1. The number of amides is 1. The summed E-state index contributed by atoms with van der Waals surface area (Å²) in [6, 6.07) is 1.78. The first kappa shape index (κ1) is 13.4. The number of thiophene rings is 1. The van der Waals surface area contributed by atoms with E-state index in [9.17, 15) is 9.59 Å². The van der Waals surface area contributed by atoms with Crippen LogP contribution in [0.4, 0.5) is 5.13 Å². The van der Waals surface area contributed by atoms with Crippen molar-refractivity contribution in [3.05, 3.63) is 31.0 Å². The number of rotatable bonds is 4. The molecule has 18 heavy (non-hydrogen) atoms. The molecule has 0 saturated heterocycles. The summed E-state index contributed by atoms with van der Waals surface area (Å²) >= 11 is 4.85. The lowest BCUT2D eigenvalue weighted by atomic mass is 10.3. The minimum Gasteiger partial charge on any atom is -0.481 e. The average Bonchev–Trinajstić information content (AvgIpc) is 2.87. The molecule has 1 amide bonds. The predicted molar refractivity (Wildman–Crippen MR) is 78.4 cm³/mol. The van der Waals surface area contributed by atoms with Crippen molar-refractivity contribution in [3.63, 3.8) is 0 Å². The zero-order valence-corrected chi connectivity index (χ0v) is 12.6. The van der Waals surface area contributed by atoms with E-state index in [4.69, 9.17) is 5.11 Å². The van der Waals surface area contributed by atoms with Crippen molar-refractivity contribution >= 4 is 62.3 Å². The van der Waals surface area contributed by atoms with Crippen molar-refractivity contribution in [1.29, 1.82) is 0 Å². The Morgan fingerprint density at radius 1 is 1.39 bits per heavy atom. The van der Waals surface area contributed by atoms with E-state index in [1.54, 1.807) is 16.8 Å². The van der Waals surface area contributed by atoms with Crippen LogP contribution in [-0.4, -0.2) is 22.0 Å². The zero-order valence-electron chi connectivity index (χ0n) is 8.84. The first-order valence-electron chi connectivity index (χ1n) is 4.76. The molecule has 94 valence electrons. The highest BCUT2D eigenvalue weighted by Gasteiger charge is 2.11. The van der Waals surface area contributed by atoms with Crippen LogP contribution in [0, 0.1) is 2.88 Å². The highest BCUT2D eigenvalue weighted by Crippen LogP contribution is 2.20. The number of aromatic nitrogens is 1. The Balaban J connectivity index is 2.03. The molecule has 0 aromatic carbocycles. The molecule has 8 heteroatoms. The number of anilines is 1. The van der Waals surface area contributed by atoms with Gasteiger partial charge in [0.1, 0.15) is 0 Å². The maximum absolute atomic E-state index is 11.8. The number of carbonyl (C=O) groups is 2. The van der Waals surface area contributed by atoms with Gasteiger partial charge >= 0.3 is 5.97 Å². The number of hydrogen-bond donors (Lipinski definition) is 2. The van der Waals surface area contributed by atoms with Gasteiger partial charge in [-0.25, -0.2) is 4.98 Å². The summed E-state index contributed by atoms with van der Waals surface area (Å²) in [5.74, 6) is -1.17. The monoisotopic (exact) mass is 394 g/mol. The van der Waals surface area contributed by atoms with Crippen LogP contribution in [0.2, 0.25) is 0 Å². The van der Waals surface area contributed by atoms with Gasteiger partial charge in [0.25, 0.3) is 5.91 Å². The predicted octanol–water partition coefficient (Wildman–Crippen LogP) is 2.69. The lowest BCUT2D eigenvalue weighted by molar-refractivity contribution is -0.136. The van der Waals surface area contributed by atoms with E-state index in [0.717, 1.165) is 2.88 Å². The topological polar surface area (TPSA) is 79.3 Å². The molecule has 0 fully saturated rings. The minimum absolute atomic E-state index is 0.136. The van der Waals surface area contributed by atoms with Gasteiger partial charge in [-0.15, -0.1) is 22.7 Å². The Bertz CT molecular complexity index is 593. The van der Waals surface area contributed by atoms with Crippen molar-refractivity contribution in [2.75, 3.05) is 5.32 Å². The summed E-state index contributed by atoms with van der Waals surface area (Å²) in [5.41, 5.74) is 1.03. The summed E-state index contributed by atoms with van der Waals surface area (Å²) in [4.78, 5) is 26.3. The lowest BCUT2D eigenvalue weighted by Gasteiger charge is -1.97. The van der Waals surface area contributed by atoms with Crippen molar-refractivity contribution in [2.45, 2.75) is 6.42 Å². The van der Waals surface area contributed by atoms with Gasteiger partial charge in [-0.05, 0) is 28.7 Å². The molecule has 0 aliphatic heterocycles. The van der Waals surface area contributed by atoms with E-state index in [1.807, 2.05) is 0 Å². The van der Waals surface area contributed by atoms with Gasteiger partial charge in [0.2, 0.25) is 0 Å². The second kappa shape index (κ2) is 5.76. The molecule has 0 unspecified atom stereocenters. The number of aliphatic carboxylic acids is 1. The summed E-state index contributed by atoms with van der Waals surface area (Å²) in [5, 5.41) is 15.1. The number of carboxylic acid groups (broad SMARTS) is 1. The Morgan fingerprint density at radius 3 is 2.78 bits per heavy atom. The van der Waals surface area contributed by atoms with Gasteiger partial charge in [-0.1, -0.05) is 0 Å². The summed E-state index contributed by atoms with van der Waals surface area (Å²) < 4.78 is 1.03. The van der Waals surface area contributed by atoms with Crippen molar-refractivity contribution in [1.82, 2.24) is 4.98 Å². The summed E-state index contributed by atoms with van der Waals surface area (Å²) in [7, 11) is 0. The molecule has 0 bridgehead atoms. The fourth-order valence-corrected chi connectivity index (χ4v) is 3.23. The van der Waals surface area contributed by atoms with Crippen molar-refractivity contribution < 1.29 is 14.7 Å². The number of carboxylic acids is 1. The SMILES string of the molecule is O=C(O)Cc1csc(NC(=O)c2csc(I)c2)n1. The molecular formula is C10H7IN2O3S2. The fraction of sp³-hybridized carbons (Fsp3) is 0.100. The molecule has 2 heterocycles. The number of thiazole rings is 1. The first-order valence-corrected chi connectivity index (χ1v) is 7.60. The second-order valence-electron chi connectivity index (χ2n) is 3.31.